The standard InChI is InChI=1S/C12H14BrN3O/c1-8-5-10(16(2)15-8)7-17-12-4-3-9(13)6-11(12)14/h3-6H,7,14H2,1-2H3. The van der Waals surface area contributed by atoms with Crippen LogP contribution in [0.5, 0.6) is 5.75 Å². The first kappa shape index (κ1) is 12.0. The van der Waals surface area contributed by atoms with Crippen molar-refractivity contribution in [2.24, 2.45) is 7.05 Å². The SMILES string of the molecule is Cc1cc(COc2ccc(Br)cc2N)n(C)n1. The van der Waals surface area contributed by atoms with Gasteiger partial charge < -0.3 is 10.5 Å². The lowest BCUT2D eigenvalue weighted by Gasteiger charge is -2.09. The summed E-state index contributed by atoms with van der Waals surface area (Å²) in [6.45, 7) is 2.42. The van der Waals surface area contributed by atoms with Crippen LogP contribution in [-0.4, -0.2) is 9.78 Å². The van der Waals surface area contributed by atoms with Crippen molar-refractivity contribution in [3.63, 3.8) is 0 Å². The summed E-state index contributed by atoms with van der Waals surface area (Å²) < 4.78 is 8.42. The summed E-state index contributed by atoms with van der Waals surface area (Å²) in [6, 6.07) is 7.57. The van der Waals surface area contributed by atoms with Crippen LogP contribution in [0.3, 0.4) is 0 Å². The number of halogens is 1. The van der Waals surface area contributed by atoms with Gasteiger partial charge in [0.05, 0.1) is 17.1 Å². The van der Waals surface area contributed by atoms with Gasteiger partial charge in [0.15, 0.2) is 0 Å². The third-order valence-corrected chi connectivity index (χ3v) is 2.94. The molecule has 0 atom stereocenters. The Kier molecular flexibility index (Phi) is 3.38. The monoisotopic (exact) mass is 295 g/mol. The molecule has 0 bridgehead atoms. The summed E-state index contributed by atoms with van der Waals surface area (Å²) in [4.78, 5) is 0. The highest BCUT2D eigenvalue weighted by molar-refractivity contribution is 9.10. The van der Waals surface area contributed by atoms with E-state index in [0.29, 0.717) is 18.0 Å². The summed E-state index contributed by atoms with van der Waals surface area (Å²) in [5.41, 5.74) is 8.47. The molecule has 2 rings (SSSR count). The van der Waals surface area contributed by atoms with E-state index in [4.69, 9.17) is 10.5 Å². The highest BCUT2D eigenvalue weighted by Crippen LogP contribution is 2.25. The molecule has 0 aliphatic carbocycles. The highest BCUT2D eigenvalue weighted by atomic mass is 79.9. The van der Waals surface area contributed by atoms with E-state index in [0.717, 1.165) is 15.9 Å². The number of ether oxygens (including phenoxy) is 1. The maximum Gasteiger partial charge on any atom is 0.142 e. The summed E-state index contributed by atoms with van der Waals surface area (Å²) >= 11 is 3.36. The van der Waals surface area contributed by atoms with E-state index in [-0.39, 0.29) is 0 Å². The molecule has 90 valence electrons. The zero-order chi connectivity index (χ0) is 12.4. The average Bonchev–Trinajstić information content (AvgIpc) is 2.56. The van der Waals surface area contributed by atoms with Crippen LogP contribution in [0.15, 0.2) is 28.7 Å². The molecule has 0 amide bonds. The second kappa shape index (κ2) is 4.79. The fraction of sp³-hybridized carbons (Fsp3) is 0.250. The second-order valence-corrected chi connectivity index (χ2v) is 4.79. The van der Waals surface area contributed by atoms with Crippen molar-refractivity contribution >= 4 is 21.6 Å². The number of nitrogens with zero attached hydrogens (tertiary/aromatic N) is 2. The van der Waals surface area contributed by atoms with Crippen LogP contribution in [0.1, 0.15) is 11.4 Å². The third kappa shape index (κ3) is 2.79. The molecule has 5 heteroatoms. The summed E-state index contributed by atoms with van der Waals surface area (Å²) in [5, 5.41) is 4.26. The van der Waals surface area contributed by atoms with Crippen molar-refractivity contribution in [3.8, 4) is 5.75 Å². The lowest BCUT2D eigenvalue weighted by atomic mass is 10.3. The van der Waals surface area contributed by atoms with E-state index in [1.165, 1.54) is 0 Å². The molecule has 0 spiro atoms. The van der Waals surface area contributed by atoms with Crippen LogP contribution in [0.25, 0.3) is 0 Å². The molecule has 4 nitrogen and oxygen atoms in total. The maximum atomic E-state index is 5.85. The molecule has 0 saturated carbocycles. The van der Waals surface area contributed by atoms with Gasteiger partial charge in [-0.3, -0.25) is 4.68 Å². The minimum atomic E-state index is 0.461. The highest BCUT2D eigenvalue weighted by Gasteiger charge is 2.05. The van der Waals surface area contributed by atoms with E-state index < -0.39 is 0 Å². The van der Waals surface area contributed by atoms with Crippen LogP contribution >= 0.6 is 15.9 Å². The van der Waals surface area contributed by atoms with E-state index in [9.17, 15) is 0 Å². The Balaban J connectivity index is 2.10. The molecule has 2 N–H and O–H groups in total. The Morgan fingerprint density at radius 3 is 2.76 bits per heavy atom. The van der Waals surface area contributed by atoms with Crippen LogP contribution in [0, 0.1) is 6.92 Å². The zero-order valence-corrected chi connectivity index (χ0v) is 11.4. The van der Waals surface area contributed by atoms with Gasteiger partial charge in [0.2, 0.25) is 0 Å². The number of hydrogen-bond acceptors (Lipinski definition) is 3. The molecule has 1 aromatic heterocycles. The molecule has 17 heavy (non-hydrogen) atoms. The summed E-state index contributed by atoms with van der Waals surface area (Å²) in [6.07, 6.45) is 0. The molecule has 1 aromatic carbocycles. The Morgan fingerprint density at radius 1 is 1.41 bits per heavy atom. The molecule has 0 fully saturated rings. The molecule has 1 heterocycles. The fourth-order valence-electron chi connectivity index (χ4n) is 1.60. The smallest absolute Gasteiger partial charge is 0.142 e. The van der Waals surface area contributed by atoms with E-state index in [2.05, 4.69) is 21.0 Å². The van der Waals surface area contributed by atoms with Crippen molar-refractivity contribution in [1.29, 1.82) is 0 Å². The van der Waals surface area contributed by atoms with E-state index in [1.54, 1.807) is 0 Å². The zero-order valence-electron chi connectivity index (χ0n) is 9.77. The van der Waals surface area contributed by atoms with Crippen LogP contribution < -0.4 is 10.5 Å². The van der Waals surface area contributed by atoms with Gasteiger partial charge >= 0.3 is 0 Å². The summed E-state index contributed by atoms with van der Waals surface area (Å²) in [5.74, 6) is 0.687. The van der Waals surface area contributed by atoms with Crippen LogP contribution in [-0.2, 0) is 13.7 Å². The lowest BCUT2D eigenvalue weighted by Crippen LogP contribution is -2.04. The van der Waals surface area contributed by atoms with Crippen molar-refractivity contribution in [2.45, 2.75) is 13.5 Å². The molecule has 0 unspecified atom stereocenters. The number of hydrogen-bond donors (Lipinski definition) is 1. The predicted molar refractivity (Wildman–Crippen MR) is 70.8 cm³/mol. The number of nitrogen functional groups attached to an aromatic ring is 1. The molecular formula is C12H14BrN3O. The maximum absolute atomic E-state index is 5.85. The van der Waals surface area contributed by atoms with E-state index >= 15 is 0 Å². The number of benzene rings is 1. The van der Waals surface area contributed by atoms with Gasteiger partial charge in [-0.1, -0.05) is 15.9 Å². The van der Waals surface area contributed by atoms with Gasteiger partial charge in [-0.15, -0.1) is 0 Å². The quantitative estimate of drug-likeness (QED) is 0.886. The van der Waals surface area contributed by atoms with Crippen molar-refractivity contribution in [1.82, 2.24) is 9.78 Å². The minimum absolute atomic E-state index is 0.461. The molecule has 0 aliphatic heterocycles. The first-order chi connectivity index (χ1) is 8.06. The average molecular weight is 296 g/mol. The Labute approximate surface area is 109 Å². The fourth-order valence-corrected chi connectivity index (χ4v) is 1.98. The van der Waals surface area contributed by atoms with Crippen molar-refractivity contribution in [3.05, 3.63) is 40.1 Å². The van der Waals surface area contributed by atoms with Crippen molar-refractivity contribution < 1.29 is 4.74 Å². The Morgan fingerprint density at radius 2 is 2.18 bits per heavy atom. The van der Waals surface area contributed by atoms with Gasteiger partial charge in [0, 0.05) is 11.5 Å². The minimum Gasteiger partial charge on any atom is -0.485 e. The van der Waals surface area contributed by atoms with Gasteiger partial charge in [-0.25, -0.2) is 0 Å². The number of aromatic nitrogens is 2. The lowest BCUT2D eigenvalue weighted by molar-refractivity contribution is 0.296. The first-order valence-corrected chi connectivity index (χ1v) is 6.03. The van der Waals surface area contributed by atoms with Gasteiger partial charge in [-0.2, -0.15) is 5.10 Å². The van der Waals surface area contributed by atoms with Crippen LogP contribution in [0.4, 0.5) is 5.69 Å². The molecule has 0 saturated heterocycles. The predicted octanol–water partition coefficient (Wildman–Crippen LogP) is 2.65. The molecule has 2 aromatic rings. The topological polar surface area (TPSA) is 53.1 Å². The number of nitrogens with two attached hydrogens (primary N) is 1. The molecular weight excluding hydrogens is 282 g/mol. The van der Waals surface area contributed by atoms with Gasteiger partial charge in [-0.05, 0) is 31.2 Å². The molecule has 0 radical (unpaired) electrons. The van der Waals surface area contributed by atoms with Crippen molar-refractivity contribution in [2.75, 3.05) is 5.73 Å². The molecule has 0 aliphatic rings. The summed E-state index contributed by atoms with van der Waals surface area (Å²) in [7, 11) is 1.90. The number of rotatable bonds is 3. The van der Waals surface area contributed by atoms with Gasteiger partial charge in [0.25, 0.3) is 0 Å². The largest absolute Gasteiger partial charge is 0.485 e. The van der Waals surface area contributed by atoms with E-state index in [1.807, 2.05) is 42.9 Å². The third-order valence-electron chi connectivity index (χ3n) is 2.45. The van der Waals surface area contributed by atoms with Crippen LogP contribution in [0.2, 0.25) is 0 Å². The Bertz CT molecular complexity index is 537. The number of anilines is 1. The van der Waals surface area contributed by atoms with Gasteiger partial charge in [0.1, 0.15) is 12.4 Å². The second-order valence-electron chi connectivity index (χ2n) is 3.87. The number of aryl methyl sites for hydroxylation is 2. The Hall–Kier alpha value is -1.49. The first-order valence-electron chi connectivity index (χ1n) is 5.23. The normalized spacial score (nSPS) is 10.5.